The second kappa shape index (κ2) is 5.29. The third-order valence-electron chi connectivity index (χ3n) is 2.89. The van der Waals surface area contributed by atoms with Gasteiger partial charge in [0, 0.05) is 0 Å². The van der Waals surface area contributed by atoms with Crippen molar-refractivity contribution in [3.63, 3.8) is 0 Å². The molecule has 0 heterocycles. The normalized spacial score (nSPS) is 11.1. The van der Waals surface area contributed by atoms with Crippen LogP contribution in [0.4, 0.5) is 4.39 Å². The van der Waals surface area contributed by atoms with E-state index in [0.29, 0.717) is 5.92 Å². The molecule has 0 unspecified atom stereocenters. The van der Waals surface area contributed by atoms with Crippen molar-refractivity contribution in [2.45, 2.75) is 52.9 Å². The van der Waals surface area contributed by atoms with E-state index < -0.39 is 0 Å². The van der Waals surface area contributed by atoms with E-state index in [2.05, 4.69) is 26.8 Å². The molecule has 0 nitrogen and oxygen atoms in total. The Hall–Kier alpha value is -0.850. The van der Waals surface area contributed by atoms with Crippen molar-refractivity contribution < 1.29 is 4.39 Å². The molecule has 0 radical (unpaired) electrons. The van der Waals surface area contributed by atoms with Gasteiger partial charge in [0.2, 0.25) is 0 Å². The Morgan fingerprint density at radius 1 is 1.27 bits per heavy atom. The van der Waals surface area contributed by atoms with E-state index >= 15 is 0 Å². The van der Waals surface area contributed by atoms with E-state index in [1.54, 1.807) is 6.07 Å². The Labute approximate surface area is 92.5 Å². The second-order valence-corrected chi connectivity index (χ2v) is 4.55. The van der Waals surface area contributed by atoms with E-state index in [-0.39, 0.29) is 5.82 Å². The summed E-state index contributed by atoms with van der Waals surface area (Å²) in [5.74, 6) is 0.355. The zero-order chi connectivity index (χ0) is 11.4. The molecule has 0 aliphatic heterocycles. The Balaban J connectivity index is 3.00. The van der Waals surface area contributed by atoms with Crippen molar-refractivity contribution in [1.29, 1.82) is 0 Å². The van der Waals surface area contributed by atoms with Crippen LogP contribution in [0, 0.1) is 12.7 Å². The summed E-state index contributed by atoms with van der Waals surface area (Å²) in [5, 5.41) is 0. The minimum Gasteiger partial charge on any atom is -0.207 e. The van der Waals surface area contributed by atoms with E-state index in [9.17, 15) is 4.39 Å². The van der Waals surface area contributed by atoms with Crippen LogP contribution in [-0.4, -0.2) is 0 Å². The predicted molar refractivity (Wildman–Crippen MR) is 63.8 cm³/mol. The van der Waals surface area contributed by atoms with Crippen molar-refractivity contribution in [2.75, 3.05) is 0 Å². The van der Waals surface area contributed by atoms with Crippen molar-refractivity contribution in [1.82, 2.24) is 0 Å². The second-order valence-electron chi connectivity index (χ2n) is 4.55. The highest BCUT2D eigenvalue weighted by molar-refractivity contribution is 5.34. The van der Waals surface area contributed by atoms with Crippen LogP contribution in [0.1, 0.15) is 56.2 Å². The van der Waals surface area contributed by atoms with Gasteiger partial charge in [0.1, 0.15) is 5.82 Å². The third kappa shape index (κ3) is 3.05. The molecule has 0 atom stereocenters. The van der Waals surface area contributed by atoms with Crippen LogP contribution in [0.25, 0.3) is 0 Å². The largest absolute Gasteiger partial charge is 0.207 e. The van der Waals surface area contributed by atoms with Gasteiger partial charge in [0.25, 0.3) is 0 Å². The summed E-state index contributed by atoms with van der Waals surface area (Å²) in [4.78, 5) is 0. The fraction of sp³-hybridized carbons (Fsp3) is 0.571. The molecule has 1 aromatic rings. The van der Waals surface area contributed by atoms with Gasteiger partial charge >= 0.3 is 0 Å². The molecule has 0 saturated heterocycles. The van der Waals surface area contributed by atoms with Gasteiger partial charge in [-0.25, -0.2) is 4.39 Å². The molecule has 0 bridgehead atoms. The zero-order valence-corrected chi connectivity index (χ0v) is 10.2. The molecule has 1 heteroatoms. The maximum absolute atomic E-state index is 13.6. The van der Waals surface area contributed by atoms with Gasteiger partial charge in [-0.05, 0) is 48.4 Å². The Kier molecular flexibility index (Phi) is 4.31. The highest BCUT2D eigenvalue weighted by atomic mass is 19.1. The summed E-state index contributed by atoms with van der Waals surface area (Å²) in [5.41, 5.74) is 3.11. The average Bonchev–Trinajstić information content (AvgIpc) is 2.19. The van der Waals surface area contributed by atoms with Crippen LogP contribution in [0.15, 0.2) is 12.1 Å². The minimum atomic E-state index is -0.0488. The summed E-state index contributed by atoms with van der Waals surface area (Å²) in [7, 11) is 0. The lowest BCUT2D eigenvalue weighted by molar-refractivity contribution is 0.608. The molecule has 0 amide bonds. The Bertz CT molecular complexity index is 326. The van der Waals surface area contributed by atoms with Gasteiger partial charge in [-0.15, -0.1) is 0 Å². The number of halogens is 1. The quantitative estimate of drug-likeness (QED) is 0.678. The van der Waals surface area contributed by atoms with Gasteiger partial charge in [0.15, 0.2) is 0 Å². The molecule has 0 aromatic heterocycles. The molecule has 0 spiro atoms. The van der Waals surface area contributed by atoms with Gasteiger partial charge in [-0.2, -0.15) is 0 Å². The van der Waals surface area contributed by atoms with E-state index in [0.717, 1.165) is 36.0 Å². The number of aryl methyl sites for hydroxylation is 1. The summed E-state index contributed by atoms with van der Waals surface area (Å²) in [6, 6.07) is 3.86. The lowest BCUT2D eigenvalue weighted by Gasteiger charge is -2.13. The van der Waals surface area contributed by atoms with Crippen LogP contribution in [0.3, 0.4) is 0 Å². The van der Waals surface area contributed by atoms with E-state index in [1.165, 1.54) is 0 Å². The highest BCUT2D eigenvalue weighted by Gasteiger charge is 2.09. The summed E-state index contributed by atoms with van der Waals surface area (Å²) >= 11 is 0. The summed E-state index contributed by atoms with van der Waals surface area (Å²) in [6.45, 7) is 8.26. The molecule has 84 valence electrons. The Morgan fingerprint density at radius 3 is 2.47 bits per heavy atom. The van der Waals surface area contributed by atoms with Crippen molar-refractivity contribution in [3.8, 4) is 0 Å². The van der Waals surface area contributed by atoms with Crippen molar-refractivity contribution in [2.24, 2.45) is 0 Å². The van der Waals surface area contributed by atoms with Crippen LogP contribution in [0.5, 0.6) is 0 Å². The summed E-state index contributed by atoms with van der Waals surface area (Å²) < 4.78 is 13.6. The van der Waals surface area contributed by atoms with Gasteiger partial charge in [-0.3, -0.25) is 0 Å². The smallest absolute Gasteiger partial charge is 0.126 e. The fourth-order valence-corrected chi connectivity index (χ4v) is 1.88. The maximum Gasteiger partial charge on any atom is 0.126 e. The minimum absolute atomic E-state index is 0.0488. The lowest BCUT2D eigenvalue weighted by atomic mass is 9.94. The molecular weight excluding hydrogens is 187 g/mol. The number of benzene rings is 1. The Morgan fingerprint density at radius 2 is 1.93 bits per heavy atom. The van der Waals surface area contributed by atoms with Gasteiger partial charge in [0.05, 0.1) is 0 Å². The number of unbranched alkanes of at least 4 members (excludes halogenated alkanes) is 1. The molecule has 0 fully saturated rings. The van der Waals surface area contributed by atoms with Gasteiger partial charge < -0.3 is 0 Å². The van der Waals surface area contributed by atoms with Crippen LogP contribution < -0.4 is 0 Å². The molecule has 15 heavy (non-hydrogen) atoms. The lowest BCUT2D eigenvalue weighted by Crippen LogP contribution is -1.98. The highest BCUT2D eigenvalue weighted by Crippen LogP contribution is 2.23. The molecule has 0 aliphatic carbocycles. The third-order valence-corrected chi connectivity index (χ3v) is 2.89. The van der Waals surface area contributed by atoms with Crippen molar-refractivity contribution >= 4 is 0 Å². The van der Waals surface area contributed by atoms with Gasteiger partial charge in [-0.1, -0.05) is 33.3 Å². The molecule has 1 rings (SSSR count). The van der Waals surface area contributed by atoms with E-state index in [4.69, 9.17) is 0 Å². The monoisotopic (exact) mass is 208 g/mol. The SMILES string of the molecule is CCCCc1cc(F)c(C)c(C(C)C)c1. The molecular formula is C14H21F. The number of rotatable bonds is 4. The summed E-state index contributed by atoms with van der Waals surface area (Å²) in [6.07, 6.45) is 3.29. The zero-order valence-electron chi connectivity index (χ0n) is 10.2. The fourth-order valence-electron chi connectivity index (χ4n) is 1.88. The predicted octanol–water partition coefficient (Wildman–Crippen LogP) is 4.60. The van der Waals surface area contributed by atoms with Crippen molar-refractivity contribution in [3.05, 3.63) is 34.6 Å². The molecule has 0 saturated carbocycles. The first-order chi connectivity index (χ1) is 7.06. The van der Waals surface area contributed by atoms with E-state index in [1.807, 2.05) is 6.92 Å². The molecule has 0 N–H and O–H groups in total. The molecule has 0 aliphatic rings. The number of hydrogen-bond acceptors (Lipinski definition) is 0. The first-order valence-corrected chi connectivity index (χ1v) is 5.85. The van der Waals surface area contributed by atoms with Crippen LogP contribution in [-0.2, 0) is 6.42 Å². The number of hydrogen-bond donors (Lipinski definition) is 0. The average molecular weight is 208 g/mol. The first kappa shape index (κ1) is 12.2. The maximum atomic E-state index is 13.6. The molecule has 1 aromatic carbocycles. The topological polar surface area (TPSA) is 0 Å². The van der Waals surface area contributed by atoms with Crippen LogP contribution >= 0.6 is 0 Å². The van der Waals surface area contributed by atoms with Crippen LogP contribution in [0.2, 0.25) is 0 Å². The standard InChI is InChI=1S/C14H21F/c1-5-6-7-12-8-13(10(2)3)11(4)14(15)9-12/h8-10H,5-7H2,1-4H3. The first-order valence-electron chi connectivity index (χ1n) is 5.85.